The van der Waals surface area contributed by atoms with E-state index < -0.39 is 0 Å². The Kier molecular flexibility index (Phi) is 5.84. The summed E-state index contributed by atoms with van der Waals surface area (Å²) in [4.78, 5) is 14.7. The van der Waals surface area contributed by atoms with Crippen LogP contribution in [0.3, 0.4) is 0 Å². The first-order valence-corrected chi connectivity index (χ1v) is 10.9. The Morgan fingerprint density at radius 2 is 1.70 bits per heavy atom. The zero-order valence-electron chi connectivity index (χ0n) is 16.8. The molecule has 4 rings (SSSR count). The summed E-state index contributed by atoms with van der Waals surface area (Å²) in [6.07, 6.45) is 8.61. The molecule has 0 aromatic heterocycles. The van der Waals surface area contributed by atoms with Crippen molar-refractivity contribution in [2.45, 2.75) is 77.2 Å². The molecule has 3 fully saturated rings. The van der Waals surface area contributed by atoms with Gasteiger partial charge in [-0.05, 0) is 69.1 Å². The number of hydrogen-bond acceptors (Lipinski definition) is 3. The molecule has 27 heavy (non-hydrogen) atoms. The van der Waals surface area contributed by atoms with Crippen LogP contribution in [0, 0.1) is 11.8 Å². The lowest BCUT2D eigenvalue weighted by atomic mass is 9.81. The summed E-state index contributed by atoms with van der Waals surface area (Å²) in [5.74, 6) is 2.00. The van der Waals surface area contributed by atoms with Crippen LogP contribution in [0.5, 0.6) is 0 Å². The SMILES string of the molecule is CC1CN(C(=O)c2ccc(CNC3CCCCC3C3CC3)cc2)CC(C)O1. The van der Waals surface area contributed by atoms with Crippen LogP contribution in [-0.2, 0) is 11.3 Å². The van der Waals surface area contributed by atoms with Crippen LogP contribution in [-0.4, -0.2) is 42.1 Å². The molecular weight excluding hydrogens is 336 g/mol. The third-order valence-electron chi connectivity index (χ3n) is 6.52. The number of benzene rings is 1. The molecule has 1 aliphatic heterocycles. The van der Waals surface area contributed by atoms with Crippen molar-refractivity contribution in [3.05, 3.63) is 35.4 Å². The fourth-order valence-corrected chi connectivity index (χ4v) is 5.04. The predicted molar refractivity (Wildman–Crippen MR) is 108 cm³/mol. The van der Waals surface area contributed by atoms with E-state index in [0.717, 1.165) is 23.9 Å². The molecule has 3 aliphatic rings. The Morgan fingerprint density at radius 3 is 2.37 bits per heavy atom. The molecule has 1 saturated heterocycles. The Bertz CT molecular complexity index is 630. The average Bonchev–Trinajstić information content (AvgIpc) is 3.51. The lowest BCUT2D eigenvalue weighted by molar-refractivity contribution is -0.0586. The van der Waals surface area contributed by atoms with Crippen molar-refractivity contribution < 1.29 is 9.53 Å². The number of ether oxygens (including phenoxy) is 1. The van der Waals surface area contributed by atoms with E-state index in [1.807, 2.05) is 30.9 Å². The largest absolute Gasteiger partial charge is 0.372 e. The molecule has 4 atom stereocenters. The van der Waals surface area contributed by atoms with Crippen molar-refractivity contribution in [2.24, 2.45) is 11.8 Å². The third-order valence-corrected chi connectivity index (χ3v) is 6.52. The molecule has 4 heteroatoms. The van der Waals surface area contributed by atoms with Crippen molar-refractivity contribution in [3.8, 4) is 0 Å². The van der Waals surface area contributed by atoms with E-state index in [-0.39, 0.29) is 18.1 Å². The van der Waals surface area contributed by atoms with Gasteiger partial charge in [-0.2, -0.15) is 0 Å². The molecule has 1 aromatic carbocycles. The van der Waals surface area contributed by atoms with Crippen LogP contribution in [0.25, 0.3) is 0 Å². The summed E-state index contributed by atoms with van der Waals surface area (Å²) in [7, 11) is 0. The van der Waals surface area contributed by atoms with E-state index >= 15 is 0 Å². The standard InChI is InChI=1S/C23H34N2O2/c1-16-14-25(15-17(2)27-16)23(26)20-9-7-18(8-10-20)13-24-22-6-4-3-5-21(22)19-11-12-19/h7-10,16-17,19,21-22,24H,3-6,11-15H2,1-2H3. The van der Waals surface area contributed by atoms with Gasteiger partial charge in [0.15, 0.2) is 0 Å². The second kappa shape index (κ2) is 8.32. The summed E-state index contributed by atoms with van der Waals surface area (Å²) in [6.45, 7) is 6.33. The summed E-state index contributed by atoms with van der Waals surface area (Å²) in [5.41, 5.74) is 2.06. The fraction of sp³-hybridized carbons (Fsp3) is 0.696. The average molecular weight is 371 g/mol. The predicted octanol–water partition coefficient (Wildman–Crippen LogP) is 3.99. The van der Waals surface area contributed by atoms with Gasteiger partial charge in [-0.1, -0.05) is 25.0 Å². The second-order valence-corrected chi connectivity index (χ2v) is 8.94. The lowest BCUT2D eigenvalue weighted by Crippen LogP contribution is -2.48. The summed E-state index contributed by atoms with van der Waals surface area (Å²) >= 11 is 0. The lowest BCUT2D eigenvalue weighted by Gasteiger charge is -2.35. The van der Waals surface area contributed by atoms with Crippen molar-refractivity contribution >= 4 is 5.91 Å². The normalized spacial score (nSPS) is 31.7. The molecule has 1 N–H and O–H groups in total. The van der Waals surface area contributed by atoms with Crippen molar-refractivity contribution in [1.29, 1.82) is 0 Å². The topological polar surface area (TPSA) is 41.6 Å². The molecule has 1 amide bonds. The van der Waals surface area contributed by atoms with Crippen LogP contribution in [0.1, 0.15) is 68.3 Å². The highest BCUT2D eigenvalue weighted by atomic mass is 16.5. The van der Waals surface area contributed by atoms with Gasteiger partial charge in [0.25, 0.3) is 5.91 Å². The highest BCUT2D eigenvalue weighted by Crippen LogP contribution is 2.44. The Hall–Kier alpha value is -1.39. The maximum Gasteiger partial charge on any atom is 0.254 e. The molecule has 1 heterocycles. The monoisotopic (exact) mass is 370 g/mol. The number of amides is 1. The minimum atomic E-state index is 0.107. The van der Waals surface area contributed by atoms with Crippen LogP contribution in [0.15, 0.2) is 24.3 Å². The smallest absolute Gasteiger partial charge is 0.254 e. The second-order valence-electron chi connectivity index (χ2n) is 8.94. The van der Waals surface area contributed by atoms with E-state index in [1.165, 1.54) is 44.1 Å². The number of rotatable bonds is 5. The van der Waals surface area contributed by atoms with Gasteiger partial charge >= 0.3 is 0 Å². The first kappa shape index (κ1) is 18.9. The van der Waals surface area contributed by atoms with Gasteiger partial charge < -0.3 is 15.0 Å². The highest BCUT2D eigenvalue weighted by molar-refractivity contribution is 5.94. The molecular formula is C23H34N2O2. The Morgan fingerprint density at radius 1 is 1.04 bits per heavy atom. The maximum atomic E-state index is 12.8. The first-order valence-electron chi connectivity index (χ1n) is 10.9. The van der Waals surface area contributed by atoms with Crippen LogP contribution in [0.2, 0.25) is 0 Å². The van der Waals surface area contributed by atoms with Gasteiger partial charge in [-0.15, -0.1) is 0 Å². The summed E-state index contributed by atoms with van der Waals surface area (Å²) < 4.78 is 5.74. The van der Waals surface area contributed by atoms with E-state index in [0.29, 0.717) is 19.1 Å². The number of nitrogens with one attached hydrogen (secondary N) is 1. The minimum absolute atomic E-state index is 0.107. The van der Waals surface area contributed by atoms with Crippen molar-refractivity contribution in [1.82, 2.24) is 10.2 Å². The van der Waals surface area contributed by atoms with Crippen LogP contribution < -0.4 is 5.32 Å². The third kappa shape index (κ3) is 4.72. The number of morpholine rings is 1. The molecule has 0 bridgehead atoms. The number of carbonyl (C=O) groups excluding carboxylic acids is 1. The molecule has 2 saturated carbocycles. The maximum absolute atomic E-state index is 12.8. The van der Waals surface area contributed by atoms with Gasteiger partial charge in [0.05, 0.1) is 12.2 Å². The Balaban J connectivity index is 1.32. The number of nitrogens with zero attached hydrogens (tertiary/aromatic N) is 1. The molecule has 4 unspecified atom stereocenters. The van der Waals surface area contributed by atoms with Gasteiger partial charge in [0.1, 0.15) is 0 Å². The zero-order valence-corrected chi connectivity index (χ0v) is 16.8. The molecule has 1 aromatic rings. The number of hydrogen-bond donors (Lipinski definition) is 1. The van der Waals surface area contributed by atoms with Gasteiger partial charge in [0, 0.05) is 31.2 Å². The van der Waals surface area contributed by atoms with Gasteiger partial charge in [-0.25, -0.2) is 0 Å². The van der Waals surface area contributed by atoms with E-state index in [1.54, 1.807) is 0 Å². The fourth-order valence-electron chi connectivity index (χ4n) is 5.04. The van der Waals surface area contributed by atoms with Crippen LogP contribution in [0.4, 0.5) is 0 Å². The molecule has 148 valence electrons. The van der Waals surface area contributed by atoms with E-state index in [2.05, 4.69) is 17.4 Å². The first-order chi connectivity index (χ1) is 13.1. The summed E-state index contributed by atoms with van der Waals surface area (Å²) in [5, 5.41) is 3.82. The number of carbonyl (C=O) groups is 1. The highest BCUT2D eigenvalue weighted by Gasteiger charge is 2.37. The van der Waals surface area contributed by atoms with Gasteiger partial charge in [0.2, 0.25) is 0 Å². The van der Waals surface area contributed by atoms with Crippen molar-refractivity contribution in [3.63, 3.8) is 0 Å². The molecule has 2 aliphatic carbocycles. The molecule has 0 radical (unpaired) electrons. The van der Waals surface area contributed by atoms with Crippen LogP contribution >= 0.6 is 0 Å². The quantitative estimate of drug-likeness (QED) is 0.852. The Labute approximate surface area is 163 Å². The van der Waals surface area contributed by atoms with Crippen molar-refractivity contribution in [2.75, 3.05) is 13.1 Å². The van der Waals surface area contributed by atoms with Gasteiger partial charge in [-0.3, -0.25) is 4.79 Å². The summed E-state index contributed by atoms with van der Waals surface area (Å²) in [6, 6.07) is 8.89. The molecule has 4 nitrogen and oxygen atoms in total. The molecule has 0 spiro atoms. The van der Waals surface area contributed by atoms with E-state index in [4.69, 9.17) is 4.74 Å². The minimum Gasteiger partial charge on any atom is -0.372 e. The van der Waals surface area contributed by atoms with E-state index in [9.17, 15) is 4.79 Å². The zero-order chi connectivity index (χ0) is 18.8.